The van der Waals surface area contributed by atoms with Crippen molar-refractivity contribution in [3.63, 3.8) is 0 Å². The smallest absolute Gasteiger partial charge is 0.212 e. The maximum Gasteiger partial charge on any atom is 0.212 e. The van der Waals surface area contributed by atoms with Gasteiger partial charge < -0.3 is 0 Å². The van der Waals surface area contributed by atoms with Crippen LogP contribution >= 0.6 is 11.8 Å². The summed E-state index contributed by atoms with van der Waals surface area (Å²) in [4.78, 5) is 4.13. The molecule has 3 heterocycles. The van der Waals surface area contributed by atoms with Gasteiger partial charge in [-0.25, -0.2) is 0 Å². The van der Waals surface area contributed by atoms with E-state index < -0.39 is 0 Å². The molecule has 0 aliphatic heterocycles. The highest BCUT2D eigenvalue weighted by Crippen LogP contribution is 2.22. The molecule has 5 nitrogen and oxygen atoms in total. The summed E-state index contributed by atoms with van der Waals surface area (Å²) in [6.45, 7) is 0. The topological polar surface area (TPSA) is 56.0 Å². The van der Waals surface area contributed by atoms with Crippen LogP contribution in [-0.4, -0.2) is 24.8 Å². The molecule has 0 radical (unpaired) electrons. The Morgan fingerprint density at radius 2 is 1.83 bits per heavy atom. The second kappa shape index (κ2) is 6.18. The van der Waals surface area contributed by atoms with E-state index in [-0.39, 0.29) is 0 Å². The summed E-state index contributed by atoms with van der Waals surface area (Å²) in [5, 5.41) is 13.9. The van der Waals surface area contributed by atoms with Crippen molar-refractivity contribution in [2.75, 3.05) is 0 Å². The van der Waals surface area contributed by atoms with Crippen molar-refractivity contribution in [2.45, 2.75) is 10.9 Å². The lowest BCUT2D eigenvalue weighted by atomic mass is 10.1. The fraction of sp³-hybridized carbons (Fsp3) is 0.0588. The SMILES string of the molecule is c1ccc(-c2ccc3nnc(SCc4cccnc4)n3n2)cc1. The van der Waals surface area contributed by atoms with Crippen LogP contribution < -0.4 is 0 Å². The zero-order valence-corrected chi connectivity index (χ0v) is 13.0. The Labute approximate surface area is 137 Å². The van der Waals surface area contributed by atoms with Crippen LogP contribution in [0.4, 0.5) is 0 Å². The first-order valence-electron chi connectivity index (χ1n) is 7.20. The van der Waals surface area contributed by atoms with E-state index in [1.165, 1.54) is 0 Å². The minimum Gasteiger partial charge on any atom is -0.264 e. The van der Waals surface area contributed by atoms with Gasteiger partial charge in [-0.15, -0.1) is 10.2 Å². The van der Waals surface area contributed by atoms with Gasteiger partial charge in [-0.3, -0.25) is 4.98 Å². The third kappa shape index (κ3) is 2.93. The van der Waals surface area contributed by atoms with Gasteiger partial charge in [0.05, 0.1) is 5.69 Å². The monoisotopic (exact) mass is 319 g/mol. The summed E-state index contributed by atoms with van der Waals surface area (Å²) in [7, 11) is 0. The van der Waals surface area contributed by atoms with Crippen LogP contribution in [0.15, 0.2) is 72.1 Å². The molecule has 0 amide bonds. The maximum atomic E-state index is 4.67. The quantitative estimate of drug-likeness (QED) is 0.539. The molecule has 4 rings (SSSR count). The van der Waals surface area contributed by atoms with Gasteiger partial charge in [0.1, 0.15) is 0 Å². The van der Waals surface area contributed by atoms with Gasteiger partial charge in [0.15, 0.2) is 5.65 Å². The Balaban J connectivity index is 1.65. The van der Waals surface area contributed by atoms with Gasteiger partial charge >= 0.3 is 0 Å². The van der Waals surface area contributed by atoms with Crippen LogP contribution in [0.3, 0.4) is 0 Å². The van der Waals surface area contributed by atoms with Gasteiger partial charge in [0.2, 0.25) is 5.16 Å². The summed E-state index contributed by atoms with van der Waals surface area (Å²) in [6.07, 6.45) is 3.63. The first kappa shape index (κ1) is 13.9. The summed E-state index contributed by atoms with van der Waals surface area (Å²) in [5.41, 5.74) is 3.87. The molecule has 3 aromatic heterocycles. The van der Waals surface area contributed by atoms with Gasteiger partial charge in [0, 0.05) is 23.7 Å². The first-order valence-corrected chi connectivity index (χ1v) is 8.18. The van der Waals surface area contributed by atoms with Crippen molar-refractivity contribution >= 4 is 17.4 Å². The molecule has 6 heteroatoms. The normalized spacial score (nSPS) is 11.0. The molecule has 0 fully saturated rings. The van der Waals surface area contributed by atoms with Crippen LogP contribution in [0.2, 0.25) is 0 Å². The first-order chi connectivity index (χ1) is 11.4. The van der Waals surface area contributed by atoms with Gasteiger partial charge in [0.25, 0.3) is 0 Å². The van der Waals surface area contributed by atoms with Crippen molar-refractivity contribution in [3.8, 4) is 11.3 Å². The summed E-state index contributed by atoms with van der Waals surface area (Å²) in [6, 6.07) is 18.0. The van der Waals surface area contributed by atoms with Crippen LogP contribution in [0.25, 0.3) is 16.9 Å². The highest BCUT2D eigenvalue weighted by Gasteiger charge is 2.09. The standard InChI is InChI=1S/C17H13N5S/c1-2-6-14(7-3-1)15-8-9-16-19-20-17(22(16)21-15)23-12-13-5-4-10-18-11-13/h1-11H,12H2. The zero-order valence-electron chi connectivity index (χ0n) is 12.2. The minimum atomic E-state index is 0.748. The third-order valence-electron chi connectivity index (χ3n) is 3.39. The van der Waals surface area contributed by atoms with E-state index in [1.54, 1.807) is 22.5 Å². The average molecular weight is 319 g/mol. The zero-order chi connectivity index (χ0) is 15.5. The van der Waals surface area contributed by atoms with E-state index >= 15 is 0 Å². The molecule has 1 aromatic carbocycles. The Kier molecular flexibility index (Phi) is 3.73. The lowest BCUT2D eigenvalue weighted by Gasteiger charge is -2.03. The number of pyridine rings is 1. The summed E-state index contributed by atoms with van der Waals surface area (Å²) in [5.74, 6) is 0.784. The van der Waals surface area contributed by atoms with E-state index in [4.69, 9.17) is 0 Å². The van der Waals surface area contributed by atoms with Crippen LogP contribution in [0.5, 0.6) is 0 Å². The average Bonchev–Trinajstić information content (AvgIpc) is 3.04. The molecule has 0 bridgehead atoms. The van der Waals surface area contributed by atoms with Gasteiger partial charge in [-0.1, -0.05) is 48.2 Å². The molecular weight excluding hydrogens is 306 g/mol. The third-order valence-corrected chi connectivity index (χ3v) is 4.38. The van der Waals surface area contributed by atoms with Crippen molar-refractivity contribution in [2.24, 2.45) is 0 Å². The highest BCUT2D eigenvalue weighted by atomic mass is 32.2. The molecule has 4 aromatic rings. The molecular formula is C17H13N5S. The lowest BCUT2D eigenvalue weighted by Crippen LogP contribution is -1.96. The largest absolute Gasteiger partial charge is 0.264 e. The van der Waals surface area contributed by atoms with Gasteiger partial charge in [-0.05, 0) is 23.8 Å². The molecule has 0 aliphatic rings. The second-order valence-corrected chi connectivity index (χ2v) is 5.93. The number of hydrogen-bond acceptors (Lipinski definition) is 5. The fourth-order valence-corrected chi connectivity index (χ4v) is 3.08. The predicted molar refractivity (Wildman–Crippen MR) is 90.0 cm³/mol. The van der Waals surface area contributed by atoms with Crippen molar-refractivity contribution in [1.82, 2.24) is 24.8 Å². The minimum absolute atomic E-state index is 0.748. The van der Waals surface area contributed by atoms with Gasteiger partial charge in [-0.2, -0.15) is 9.61 Å². The number of nitrogens with zero attached hydrogens (tertiary/aromatic N) is 5. The number of benzene rings is 1. The Morgan fingerprint density at radius 3 is 2.65 bits per heavy atom. The Hall–Kier alpha value is -2.73. The number of aromatic nitrogens is 5. The number of rotatable bonds is 4. The molecule has 0 N–H and O–H groups in total. The van der Waals surface area contributed by atoms with Crippen LogP contribution in [-0.2, 0) is 5.75 Å². The van der Waals surface area contributed by atoms with E-state index in [0.717, 1.165) is 33.4 Å². The molecule has 112 valence electrons. The number of thioether (sulfide) groups is 1. The predicted octanol–water partition coefficient (Wildman–Crippen LogP) is 3.48. The lowest BCUT2D eigenvalue weighted by molar-refractivity contribution is 0.813. The van der Waals surface area contributed by atoms with Crippen LogP contribution in [0.1, 0.15) is 5.56 Å². The maximum absolute atomic E-state index is 4.67. The fourth-order valence-electron chi connectivity index (χ4n) is 2.25. The van der Waals surface area contributed by atoms with E-state index in [0.29, 0.717) is 0 Å². The van der Waals surface area contributed by atoms with Crippen LogP contribution in [0, 0.1) is 0 Å². The van der Waals surface area contributed by atoms with E-state index in [2.05, 4.69) is 20.3 Å². The number of fused-ring (bicyclic) bond motifs is 1. The summed E-state index contributed by atoms with van der Waals surface area (Å²) < 4.78 is 1.80. The molecule has 0 unspecified atom stereocenters. The molecule has 0 saturated carbocycles. The van der Waals surface area contributed by atoms with Crippen molar-refractivity contribution < 1.29 is 0 Å². The molecule has 0 spiro atoms. The summed E-state index contributed by atoms with van der Waals surface area (Å²) >= 11 is 1.60. The Bertz CT molecular complexity index is 922. The molecule has 0 atom stereocenters. The molecule has 23 heavy (non-hydrogen) atoms. The second-order valence-electron chi connectivity index (χ2n) is 4.99. The molecule has 0 saturated heterocycles. The van der Waals surface area contributed by atoms with E-state index in [1.807, 2.05) is 60.8 Å². The molecule has 0 aliphatic carbocycles. The Morgan fingerprint density at radius 1 is 0.913 bits per heavy atom. The van der Waals surface area contributed by atoms with Crippen molar-refractivity contribution in [3.05, 3.63) is 72.6 Å². The van der Waals surface area contributed by atoms with E-state index in [9.17, 15) is 0 Å². The van der Waals surface area contributed by atoms with Crippen molar-refractivity contribution in [1.29, 1.82) is 0 Å². The highest BCUT2D eigenvalue weighted by molar-refractivity contribution is 7.98. The number of hydrogen-bond donors (Lipinski definition) is 0.